The number of nitrogens with zero attached hydrogens (tertiary/aromatic N) is 2. The third-order valence-corrected chi connectivity index (χ3v) is 6.17. The van der Waals surface area contributed by atoms with Crippen LogP contribution in [0.5, 0.6) is 0 Å². The molecule has 0 saturated carbocycles. The third kappa shape index (κ3) is 6.25. The first-order chi connectivity index (χ1) is 16.6. The Bertz CT molecular complexity index is 1260. The normalized spacial score (nSPS) is 12.7. The van der Waals surface area contributed by atoms with E-state index in [4.69, 9.17) is 5.73 Å². The predicted octanol–water partition coefficient (Wildman–Crippen LogP) is 7.07. The van der Waals surface area contributed by atoms with E-state index in [1.54, 1.807) is 4.57 Å². The molecule has 4 heteroatoms. The zero-order valence-electron chi connectivity index (χ0n) is 22.4. The van der Waals surface area contributed by atoms with Crippen molar-refractivity contribution < 1.29 is 0 Å². The summed E-state index contributed by atoms with van der Waals surface area (Å²) in [6.07, 6.45) is 6.82. The summed E-state index contributed by atoms with van der Waals surface area (Å²) in [6.45, 7) is 17.1. The molecule has 2 aromatic carbocycles. The van der Waals surface area contributed by atoms with Crippen LogP contribution in [0.2, 0.25) is 0 Å². The Morgan fingerprint density at radius 3 is 2.17 bits per heavy atom. The fourth-order valence-corrected chi connectivity index (χ4v) is 4.68. The van der Waals surface area contributed by atoms with Gasteiger partial charge < -0.3 is 10.6 Å². The lowest BCUT2D eigenvalue weighted by Crippen LogP contribution is -2.31. The number of hydrogen-bond donors (Lipinski definition) is 1. The molecule has 0 aliphatic heterocycles. The van der Waals surface area contributed by atoms with Gasteiger partial charge >= 0.3 is 0 Å². The largest absolute Gasteiger partial charge is 0.402 e. The molecule has 0 atom stereocenters. The van der Waals surface area contributed by atoms with E-state index in [1.807, 2.05) is 31.3 Å². The molecule has 0 unspecified atom stereocenters. The van der Waals surface area contributed by atoms with Crippen molar-refractivity contribution >= 4 is 22.0 Å². The molecule has 4 nitrogen and oxygen atoms in total. The van der Waals surface area contributed by atoms with Crippen LogP contribution >= 0.6 is 0 Å². The van der Waals surface area contributed by atoms with Crippen molar-refractivity contribution in [3.8, 4) is 5.69 Å². The van der Waals surface area contributed by atoms with E-state index in [2.05, 4.69) is 82.9 Å². The summed E-state index contributed by atoms with van der Waals surface area (Å²) in [7, 11) is 0. The molecule has 2 N–H and O–H groups in total. The first kappa shape index (κ1) is 26.3. The van der Waals surface area contributed by atoms with Crippen molar-refractivity contribution in [2.45, 2.75) is 54.9 Å². The molecule has 3 rings (SSSR count). The molecular formula is C31H41N3O. The Labute approximate surface area is 210 Å². The van der Waals surface area contributed by atoms with Crippen molar-refractivity contribution in [1.29, 1.82) is 0 Å². The summed E-state index contributed by atoms with van der Waals surface area (Å²) in [6, 6.07) is 14.4. The monoisotopic (exact) mass is 471 g/mol. The Hall–Kier alpha value is -3.27. The molecule has 0 aliphatic rings. The number of allylic oxidation sites excluding steroid dienone is 4. The third-order valence-electron chi connectivity index (χ3n) is 6.17. The molecule has 1 aromatic heterocycles. The van der Waals surface area contributed by atoms with Crippen LogP contribution in [0.4, 0.5) is 5.69 Å². The Kier molecular flexibility index (Phi) is 8.61. The van der Waals surface area contributed by atoms with Crippen LogP contribution in [0.1, 0.15) is 59.1 Å². The number of fused-ring (bicyclic) bond motifs is 1. The zero-order chi connectivity index (χ0) is 25.7. The number of aryl methyl sites for hydroxylation is 1. The van der Waals surface area contributed by atoms with Crippen molar-refractivity contribution in [2.75, 3.05) is 18.0 Å². The fourth-order valence-electron chi connectivity index (χ4n) is 4.68. The van der Waals surface area contributed by atoms with Gasteiger partial charge in [-0.3, -0.25) is 9.36 Å². The van der Waals surface area contributed by atoms with Crippen molar-refractivity contribution in [1.82, 2.24) is 4.57 Å². The van der Waals surface area contributed by atoms with E-state index in [0.29, 0.717) is 11.8 Å². The standard InChI is InChI=1S/C31H41N3O/c1-8-25(13-12-24(7)32)28-10-9-11-29-30(28)23(6)20-34(31(29)35)27-16-14-26(15-17-27)33(18-21(2)3)19-22(4)5/h9-17,20-22H,8,18-19,32H2,1-7H3/b24-12+,25-13+. The molecule has 0 fully saturated rings. The predicted molar refractivity (Wildman–Crippen MR) is 152 cm³/mol. The number of aromatic nitrogens is 1. The maximum absolute atomic E-state index is 13.6. The second kappa shape index (κ2) is 11.4. The maximum Gasteiger partial charge on any atom is 0.262 e. The van der Waals surface area contributed by atoms with Crippen LogP contribution in [0, 0.1) is 18.8 Å². The summed E-state index contributed by atoms with van der Waals surface area (Å²) in [5.74, 6) is 1.17. The highest BCUT2D eigenvalue weighted by Gasteiger charge is 2.14. The van der Waals surface area contributed by atoms with E-state index >= 15 is 0 Å². The maximum atomic E-state index is 13.6. The van der Waals surface area contributed by atoms with Crippen molar-refractivity contribution in [2.24, 2.45) is 17.6 Å². The number of rotatable bonds is 9. The molecule has 1 heterocycles. The first-order valence-corrected chi connectivity index (χ1v) is 12.8. The Balaban J connectivity index is 2.08. The highest BCUT2D eigenvalue weighted by Crippen LogP contribution is 2.29. The number of benzene rings is 2. The number of nitrogens with two attached hydrogens (primary N) is 1. The van der Waals surface area contributed by atoms with Crippen molar-refractivity contribution in [3.05, 3.63) is 88.0 Å². The lowest BCUT2D eigenvalue weighted by Gasteiger charge is -2.28. The molecule has 35 heavy (non-hydrogen) atoms. The number of anilines is 1. The second-order valence-electron chi connectivity index (χ2n) is 10.4. The summed E-state index contributed by atoms with van der Waals surface area (Å²) in [5.41, 5.74) is 12.0. The van der Waals surface area contributed by atoms with E-state index in [-0.39, 0.29) is 5.56 Å². The molecule has 0 aliphatic carbocycles. The average molecular weight is 472 g/mol. The molecule has 0 spiro atoms. The lowest BCUT2D eigenvalue weighted by molar-refractivity contribution is 0.553. The molecule has 0 radical (unpaired) electrons. The van der Waals surface area contributed by atoms with Gasteiger partial charge in [-0.25, -0.2) is 0 Å². The number of pyridine rings is 1. The summed E-state index contributed by atoms with van der Waals surface area (Å²) in [4.78, 5) is 16.1. The van der Waals surface area contributed by atoms with Crippen molar-refractivity contribution in [3.63, 3.8) is 0 Å². The van der Waals surface area contributed by atoms with Gasteiger partial charge in [-0.1, -0.05) is 52.8 Å². The zero-order valence-corrected chi connectivity index (χ0v) is 22.4. The van der Waals surface area contributed by atoms with Crippen LogP contribution in [0.25, 0.3) is 22.0 Å². The molecule has 0 amide bonds. The SMILES string of the molecule is CC/C(=C\C=C(/C)N)c1cccc2c(=O)n(-c3ccc(N(CC(C)C)CC(C)C)cc3)cc(C)c12. The summed E-state index contributed by atoms with van der Waals surface area (Å²) in [5, 5.41) is 1.75. The van der Waals surface area contributed by atoms with Crippen LogP contribution in [-0.4, -0.2) is 17.7 Å². The fraction of sp³-hybridized carbons (Fsp3) is 0.387. The minimum absolute atomic E-state index is 0.00224. The smallest absolute Gasteiger partial charge is 0.262 e. The molecule has 0 saturated heterocycles. The highest BCUT2D eigenvalue weighted by atomic mass is 16.1. The van der Waals surface area contributed by atoms with Gasteiger partial charge in [-0.15, -0.1) is 0 Å². The summed E-state index contributed by atoms with van der Waals surface area (Å²) < 4.78 is 1.78. The van der Waals surface area contributed by atoms with E-state index in [1.165, 1.54) is 11.3 Å². The molecular weight excluding hydrogens is 430 g/mol. The van der Waals surface area contributed by atoms with Gasteiger partial charge in [0.25, 0.3) is 5.56 Å². The quantitative estimate of drug-likeness (QED) is 0.339. The van der Waals surface area contributed by atoms with Gasteiger partial charge in [0.1, 0.15) is 0 Å². The summed E-state index contributed by atoms with van der Waals surface area (Å²) >= 11 is 0. The second-order valence-corrected chi connectivity index (χ2v) is 10.4. The lowest BCUT2D eigenvalue weighted by atomic mass is 9.94. The minimum atomic E-state index is 0.00224. The number of hydrogen-bond acceptors (Lipinski definition) is 3. The first-order valence-electron chi connectivity index (χ1n) is 12.8. The van der Waals surface area contributed by atoms with Crippen LogP contribution in [0.3, 0.4) is 0 Å². The topological polar surface area (TPSA) is 51.3 Å². The van der Waals surface area contributed by atoms with E-state index in [0.717, 1.165) is 52.8 Å². The van der Waals surface area contributed by atoms with Gasteiger partial charge in [0.15, 0.2) is 0 Å². The van der Waals surface area contributed by atoms with E-state index < -0.39 is 0 Å². The molecule has 3 aromatic rings. The highest BCUT2D eigenvalue weighted by molar-refractivity contribution is 5.96. The van der Waals surface area contributed by atoms with Gasteiger partial charge in [-0.2, -0.15) is 0 Å². The van der Waals surface area contributed by atoms with Gasteiger partial charge in [-0.05, 0) is 90.6 Å². The van der Waals surface area contributed by atoms with Crippen LogP contribution < -0.4 is 16.2 Å². The van der Waals surface area contributed by atoms with Crippen LogP contribution in [0.15, 0.2) is 71.3 Å². The van der Waals surface area contributed by atoms with Crippen LogP contribution in [-0.2, 0) is 0 Å². The molecule has 186 valence electrons. The average Bonchev–Trinajstić information content (AvgIpc) is 2.80. The van der Waals surface area contributed by atoms with Gasteiger partial charge in [0.2, 0.25) is 0 Å². The van der Waals surface area contributed by atoms with E-state index in [9.17, 15) is 4.79 Å². The minimum Gasteiger partial charge on any atom is -0.402 e. The Morgan fingerprint density at radius 2 is 1.63 bits per heavy atom. The Morgan fingerprint density at radius 1 is 1.00 bits per heavy atom. The van der Waals surface area contributed by atoms with Gasteiger partial charge in [0.05, 0.1) is 0 Å². The van der Waals surface area contributed by atoms with Gasteiger partial charge in [0, 0.05) is 41.7 Å². The molecule has 0 bridgehead atoms.